The molecule has 1 N–H and O–H groups in total. The van der Waals surface area contributed by atoms with Crippen molar-refractivity contribution in [3.63, 3.8) is 0 Å². The predicted octanol–water partition coefficient (Wildman–Crippen LogP) is 2.99. The average molecular weight is 258 g/mol. The van der Waals surface area contributed by atoms with Crippen LogP contribution in [-0.4, -0.2) is 31.1 Å². The molecule has 2 rings (SSSR count). The lowest BCUT2D eigenvalue weighted by Crippen LogP contribution is -2.22. The van der Waals surface area contributed by atoms with Crippen molar-refractivity contribution in [2.45, 2.75) is 38.8 Å². The average Bonchev–Trinajstić information content (AvgIpc) is 3.14. The van der Waals surface area contributed by atoms with Crippen LogP contribution in [0.5, 0.6) is 0 Å². The van der Waals surface area contributed by atoms with E-state index in [0.717, 1.165) is 32.1 Å². The van der Waals surface area contributed by atoms with Gasteiger partial charge in [0.25, 0.3) is 0 Å². The van der Waals surface area contributed by atoms with Crippen molar-refractivity contribution in [3.05, 3.63) is 47.5 Å². The molecule has 0 unspecified atom stereocenters. The van der Waals surface area contributed by atoms with Crippen LogP contribution >= 0.6 is 0 Å². The van der Waals surface area contributed by atoms with Crippen molar-refractivity contribution >= 4 is 0 Å². The molecule has 0 amide bonds. The van der Waals surface area contributed by atoms with E-state index in [-0.39, 0.29) is 0 Å². The van der Waals surface area contributed by atoms with Crippen molar-refractivity contribution in [1.29, 1.82) is 0 Å². The van der Waals surface area contributed by atoms with Crippen LogP contribution in [0.3, 0.4) is 0 Å². The number of hydrogen-bond donors (Lipinski definition) is 1. The van der Waals surface area contributed by atoms with Gasteiger partial charge in [-0.05, 0) is 50.9 Å². The fourth-order valence-electron chi connectivity index (χ4n) is 2.46. The Hall–Kier alpha value is -1.12. The molecule has 0 heterocycles. The summed E-state index contributed by atoms with van der Waals surface area (Å²) < 4.78 is 0. The van der Waals surface area contributed by atoms with Crippen molar-refractivity contribution in [2.24, 2.45) is 0 Å². The molecule has 0 radical (unpaired) electrons. The maximum absolute atomic E-state index is 3.98. The van der Waals surface area contributed by atoms with Crippen molar-refractivity contribution in [2.75, 3.05) is 20.1 Å². The second-order valence-electron chi connectivity index (χ2n) is 5.88. The fraction of sp³-hybridized carbons (Fsp3) is 0.529. The molecule has 1 saturated carbocycles. The minimum absolute atomic E-state index is 0.804. The number of nitrogens with one attached hydrogen (secondary N) is 1. The summed E-state index contributed by atoms with van der Waals surface area (Å²) in [6.07, 6.45) is 3.86. The Morgan fingerprint density at radius 2 is 2.00 bits per heavy atom. The Bertz CT molecular complexity index is 421. The summed E-state index contributed by atoms with van der Waals surface area (Å²) in [4.78, 5) is 2.33. The first-order chi connectivity index (χ1) is 9.15. The Kier molecular flexibility index (Phi) is 5.17. The van der Waals surface area contributed by atoms with E-state index >= 15 is 0 Å². The Balaban J connectivity index is 1.88. The van der Waals surface area contributed by atoms with Crippen molar-refractivity contribution in [3.8, 4) is 0 Å². The normalized spacial score (nSPS) is 14.9. The van der Waals surface area contributed by atoms with Gasteiger partial charge in [-0.2, -0.15) is 0 Å². The monoisotopic (exact) mass is 258 g/mol. The number of rotatable bonds is 8. The molecule has 2 heteroatoms. The lowest BCUT2D eigenvalue weighted by Gasteiger charge is -2.19. The van der Waals surface area contributed by atoms with E-state index in [0.29, 0.717) is 0 Å². The molecule has 0 aromatic heterocycles. The molecule has 0 spiro atoms. The third-order valence-corrected chi connectivity index (χ3v) is 3.50. The van der Waals surface area contributed by atoms with Crippen LogP contribution in [0, 0.1) is 0 Å². The molecule has 1 aromatic rings. The topological polar surface area (TPSA) is 15.3 Å². The smallest absolute Gasteiger partial charge is 0.0236 e. The summed E-state index contributed by atoms with van der Waals surface area (Å²) in [6, 6.07) is 9.61. The minimum atomic E-state index is 0.804. The predicted molar refractivity (Wildman–Crippen MR) is 82.3 cm³/mol. The first-order valence-electron chi connectivity index (χ1n) is 7.28. The fourth-order valence-corrected chi connectivity index (χ4v) is 2.46. The van der Waals surface area contributed by atoms with Gasteiger partial charge in [-0.25, -0.2) is 0 Å². The Morgan fingerprint density at radius 3 is 2.63 bits per heavy atom. The second-order valence-corrected chi connectivity index (χ2v) is 5.88. The minimum Gasteiger partial charge on any atom is -0.314 e. The summed E-state index contributed by atoms with van der Waals surface area (Å²) in [5.74, 6) is 0. The van der Waals surface area contributed by atoms with Gasteiger partial charge in [-0.15, -0.1) is 0 Å². The molecule has 0 aliphatic heterocycles. The van der Waals surface area contributed by atoms with Crippen LogP contribution in [0.4, 0.5) is 0 Å². The van der Waals surface area contributed by atoms with Gasteiger partial charge in [0.15, 0.2) is 0 Å². The van der Waals surface area contributed by atoms with Crippen LogP contribution in [0.15, 0.2) is 36.4 Å². The third kappa shape index (κ3) is 5.17. The standard InChI is InChI=1S/C17H26N2/c1-14(2)12-19(3)13-16-7-5-4-6-15(16)10-11-18-17-8-9-17/h4-7,17-18H,1,8-13H2,2-3H3. The zero-order chi connectivity index (χ0) is 13.7. The largest absolute Gasteiger partial charge is 0.314 e. The van der Waals surface area contributed by atoms with Gasteiger partial charge in [0.2, 0.25) is 0 Å². The van der Waals surface area contributed by atoms with E-state index in [9.17, 15) is 0 Å². The molecule has 0 bridgehead atoms. The maximum atomic E-state index is 3.98. The molecule has 2 nitrogen and oxygen atoms in total. The summed E-state index contributed by atoms with van der Waals surface area (Å²) in [7, 11) is 2.16. The molecule has 0 saturated heterocycles. The van der Waals surface area contributed by atoms with Crippen molar-refractivity contribution in [1.82, 2.24) is 10.2 Å². The zero-order valence-electron chi connectivity index (χ0n) is 12.3. The van der Waals surface area contributed by atoms with E-state index in [1.165, 1.54) is 29.5 Å². The van der Waals surface area contributed by atoms with E-state index in [2.05, 4.69) is 55.0 Å². The molecule has 104 valence electrons. The Labute approximate surface area is 117 Å². The highest BCUT2D eigenvalue weighted by Crippen LogP contribution is 2.19. The Morgan fingerprint density at radius 1 is 1.32 bits per heavy atom. The van der Waals surface area contributed by atoms with Gasteiger partial charge < -0.3 is 5.32 Å². The summed E-state index contributed by atoms with van der Waals surface area (Å²) in [5.41, 5.74) is 4.14. The highest BCUT2D eigenvalue weighted by Gasteiger charge is 2.19. The van der Waals surface area contributed by atoms with Crippen LogP contribution in [-0.2, 0) is 13.0 Å². The molecule has 19 heavy (non-hydrogen) atoms. The van der Waals surface area contributed by atoms with Gasteiger partial charge in [-0.3, -0.25) is 4.90 Å². The highest BCUT2D eigenvalue weighted by molar-refractivity contribution is 5.27. The van der Waals surface area contributed by atoms with E-state index in [1.54, 1.807) is 0 Å². The summed E-state index contributed by atoms with van der Waals surface area (Å²) >= 11 is 0. The van der Waals surface area contributed by atoms with Crippen molar-refractivity contribution < 1.29 is 0 Å². The van der Waals surface area contributed by atoms with Crippen LogP contribution in [0.1, 0.15) is 30.9 Å². The van der Waals surface area contributed by atoms with E-state index in [1.807, 2.05) is 0 Å². The quantitative estimate of drug-likeness (QED) is 0.721. The molecule has 1 fully saturated rings. The van der Waals surface area contributed by atoms with Crippen LogP contribution in [0.2, 0.25) is 0 Å². The molecule has 1 aliphatic carbocycles. The first kappa shape index (κ1) is 14.3. The summed E-state index contributed by atoms with van der Waals surface area (Å²) in [5, 5.41) is 3.59. The summed E-state index contributed by atoms with van der Waals surface area (Å²) in [6.45, 7) is 9.15. The second kappa shape index (κ2) is 6.88. The number of nitrogens with zero attached hydrogens (tertiary/aromatic N) is 1. The lowest BCUT2D eigenvalue weighted by molar-refractivity contribution is 0.354. The van der Waals surface area contributed by atoms with Gasteiger partial charge in [0, 0.05) is 19.1 Å². The van der Waals surface area contributed by atoms with Gasteiger partial charge >= 0.3 is 0 Å². The zero-order valence-corrected chi connectivity index (χ0v) is 12.3. The van der Waals surface area contributed by atoms with E-state index < -0.39 is 0 Å². The SMILES string of the molecule is C=C(C)CN(C)Cc1ccccc1CCNC1CC1. The molecule has 1 aromatic carbocycles. The molecular weight excluding hydrogens is 232 g/mol. The number of likely N-dealkylation sites (N-methyl/N-ethyl adjacent to an activating group) is 1. The van der Waals surface area contributed by atoms with Gasteiger partial charge in [-0.1, -0.05) is 36.4 Å². The van der Waals surface area contributed by atoms with E-state index in [4.69, 9.17) is 0 Å². The first-order valence-corrected chi connectivity index (χ1v) is 7.28. The van der Waals surface area contributed by atoms with Crippen LogP contribution < -0.4 is 5.32 Å². The van der Waals surface area contributed by atoms with Gasteiger partial charge in [0.1, 0.15) is 0 Å². The number of hydrogen-bond acceptors (Lipinski definition) is 2. The maximum Gasteiger partial charge on any atom is 0.0236 e. The third-order valence-electron chi connectivity index (χ3n) is 3.50. The van der Waals surface area contributed by atoms with Gasteiger partial charge in [0.05, 0.1) is 0 Å². The van der Waals surface area contributed by atoms with Crippen LogP contribution in [0.25, 0.3) is 0 Å². The molecule has 1 aliphatic rings. The molecular formula is C17H26N2. The number of benzene rings is 1. The highest BCUT2D eigenvalue weighted by atomic mass is 15.1. The molecule has 0 atom stereocenters. The lowest BCUT2D eigenvalue weighted by atomic mass is 10.0.